The minimum atomic E-state index is -1.15. The number of carbonyl (C=O) groups is 3. The van der Waals surface area contributed by atoms with E-state index in [0.717, 1.165) is 18.8 Å². The Labute approximate surface area is 225 Å². The molecule has 2 bridgehead atoms. The average molecular weight is 530 g/mol. The number of benzene rings is 1. The average Bonchev–Trinajstić information content (AvgIpc) is 3.45. The summed E-state index contributed by atoms with van der Waals surface area (Å²) in [6, 6.07) is 6.10. The van der Waals surface area contributed by atoms with Crippen LogP contribution in [-0.2, 0) is 23.9 Å². The van der Waals surface area contributed by atoms with Crippen molar-refractivity contribution in [1.82, 2.24) is 4.90 Å². The molecule has 3 aliphatic rings. The molecular weight excluding hydrogens is 486 g/mol. The van der Waals surface area contributed by atoms with Gasteiger partial charge in [0.25, 0.3) is 0 Å². The third kappa shape index (κ3) is 4.57. The molecule has 38 heavy (non-hydrogen) atoms. The van der Waals surface area contributed by atoms with Crippen molar-refractivity contribution < 1.29 is 29.0 Å². The monoisotopic (exact) mass is 529 g/mol. The van der Waals surface area contributed by atoms with Crippen LogP contribution in [0.5, 0.6) is 0 Å². The smallest absolute Gasteiger partial charge is 0.312 e. The molecule has 3 heterocycles. The topological polar surface area (TPSA) is 108 Å². The molecule has 0 aliphatic carbocycles. The maximum absolute atomic E-state index is 14.1. The normalized spacial score (nSPS) is 30.5. The molecule has 0 radical (unpaired) electrons. The van der Waals surface area contributed by atoms with Gasteiger partial charge in [0.1, 0.15) is 17.6 Å². The van der Waals surface area contributed by atoms with E-state index in [-0.39, 0.29) is 30.9 Å². The Kier molecular flexibility index (Phi) is 8.09. The van der Waals surface area contributed by atoms with Crippen LogP contribution in [0.25, 0.3) is 0 Å². The van der Waals surface area contributed by atoms with Crippen molar-refractivity contribution >= 4 is 29.2 Å². The summed E-state index contributed by atoms with van der Waals surface area (Å²) in [7, 11) is 0. The van der Waals surface area contributed by atoms with Gasteiger partial charge in [-0.2, -0.15) is 0 Å². The van der Waals surface area contributed by atoms with Gasteiger partial charge in [-0.1, -0.05) is 13.8 Å². The largest absolute Gasteiger partial charge is 0.466 e. The molecule has 6 atom stereocenters. The van der Waals surface area contributed by atoms with Gasteiger partial charge in [0.2, 0.25) is 11.8 Å². The molecule has 210 valence electrons. The van der Waals surface area contributed by atoms with Crippen LogP contribution in [0.2, 0.25) is 0 Å². The lowest BCUT2D eigenvalue weighted by atomic mass is 9.66. The fourth-order valence-electron chi connectivity index (χ4n) is 7.02. The van der Waals surface area contributed by atoms with Gasteiger partial charge in [0, 0.05) is 24.5 Å². The Morgan fingerprint density at radius 1 is 1.18 bits per heavy atom. The number of hydrogen-bond acceptors (Lipinski definition) is 7. The van der Waals surface area contributed by atoms with Crippen molar-refractivity contribution in [3.05, 3.63) is 24.3 Å². The van der Waals surface area contributed by atoms with Crippen molar-refractivity contribution in [2.24, 2.45) is 17.8 Å². The number of aliphatic hydroxyl groups is 1. The number of nitrogens with one attached hydrogen (secondary N) is 1. The molecule has 9 heteroatoms. The first-order chi connectivity index (χ1) is 18.1. The fourth-order valence-corrected chi connectivity index (χ4v) is 7.02. The molecule has 4 rings (SSSR count). The number of hydrogen-bond donors (Lipinski definition) is 2. The maximum Gasteiger partial charge on any atom is 0.312 e. The molecule has 1 spiro atoms. The summed E-state index contributed by atoms with van der Waals surface area (Å²) in [6.45, 7) is 13.5. The molecule has 2 amide bonds. The Balaban J connectivity index is 1.71. The third-order valence-corrected chi connectivity index (χ3v) is 8.61. The molecule has 1 aromatic carbocycles. The number of fused-ring (bicyclic) bond motifs is 1. The summed E-state index contributed by atoms with van der Waals surface area (Å²) in [5.74, 6) is -2.59. The van der Waals surface area contributed by atoms with E-state index in [1.54, 1.807) is 6.92 Å². The molecule has 1 aromatic rings. The predicted molar refractivity (Wildman–Crippen MR) is 145 cm³/mol. The van der Waals surface area contributed by atoms with Crippen LogP contribution in [0.3, 0.4) is 0 Å². The Morgan fingerprint density at radius 3 is 2.39 bits per heavy atom. The first-order valence-corrected chi connectivity index (χ1v) is 14.0. The van der Waals surface area contributed by atoms with Crippen LogP contribution in [-0.4, -0.2) is 77.4 Å². The number of aliphatic hydroxyl groups excluding tert-OH is 1. The van der Waals surface area contributed by atoms with Gasteiger partial charge in [-0.15, -0.1) is 0 Å². The Hall–Kier alpha value is -2.65. The van der Waals surface area contributed by atoms with Gasteiger partial charge in [-0.3, -0.25) is 14.4 Å². The molecule has 0 aromatic heterocycles. The molecular formula is C29H43N3O6. The number of esters is 1. The molecule has 2 N–H and O–H groups in total. The summed E-state index contributed by atoms with van der Waals surface area (Å²) < 4.78 is 12.0. The van der Waals surface area contributed by atoms with E-state index in [2.05, 4.69) is 24.1 Å². The van der Waals surface area contributed by atoms with E-state index in [9.17, 15) is 19.5 Å². The van der Waals surface area contributed by atoms with Gasteiger partial charge in [-0.05, 0) is 77.1 Å². The number of amides is 2. The number of ether oxygens (including phenoxy) is 2. The minimum Gasteiger partial charge on any atom is -0.466 e. The Morgan fingerprint density at radius 2 is 1.84 bits per heavy atom. The van der Waals surface area contributed by atoms with Crippen molar-refractivity contribution in [2.75, 3.05) is 36.5 Å². The van der Waals surface area contributed by atoms with Crippen molar-refractivity contribution in [3.8, 4) is 0 Å². The number of nitrogens with zero attached hydrogens (tertiary/aromatic N) is 2. The summed E-state index contributed by atoms with van der Waals surface area (Å²) >= 11 is 0. The first-order valence-electron chi connectivity index (χ1n) is 14.0. The first kappa shape index (κ1) is 28.4. The summed E-state index contributed by atoms with van der Waals surface area (Å²) in [6.07, 6.45) is 1.55. The summed E-state index contributed by atoms with van der Waals surface area (Å²) in [4.78, 5) is 45.0. The van der Waals surface area contributed by atoms with E-state index in [1.165, 1.54) is 4.90 Å². The van der Waals surface area contributed by atoms with E-state index in [1.807, 2.05) is 45.0 Å². The summed E-state index contributed by atoms with van der Waals surface area (Å²) in [5.41, 5.74) is -0.360. The molecule has 2 unspecified atom stereocenters. The van der Waals surface area contributed by atoms with Crippen LogP contribution in [0.1, 0.15) is 60.8 Å². The number of anilines is 2. The maximum atomic E-state index is 14.1. The van der Waals surface area contributed by atoms with E-state index in [0.29, 0.717) is 24.9 Å². The zero-order chi connectivity index (χ0) is 27.8. The van der Waals surface area contributed by atoms with Gasteiger partial charge >= 0.3 is 5.97 Å². The van der Waals surface area contributed by atoms with Gasteiger partial charge in [0.15, 0.2) is 0 Å². The van der Waals surface area contributed by atoms with Gasteiger partial charge < -0.3 is 29.7 Å². The highest BCUT2D eigenvalue weighted by molar-refractivity contribution is 6.03. The predicted octanol–water partition coefficient (Wildman–Crippen LogP) is 3.21. The highest BCUT2D eigenvalue weighted by Gasteiger charge is 2.78. The van der Waals surface area contributed by atoms with Crippen LogP contribution in [0.4, 0.5) is 11.4 Å². The van der Waals surface area contributed by atoms with Crippen molar-refractivity contribution in [3.63, 3.8) is 0 Å². The number of carbonyl (C=O) groups excluding carboxylic acids is 3. The van der Waals surface area contributed by atoms with Gasteiger partial charge in [-0.25, -0.2) is 0 Å². The highest BCUT2D eigenvalue weighted by Crippen LogP contribution is 2.63. The molecule has 3 saturated heterocycles. The SMILES string of the molecule is CCOC(=O)[C@H]1[C@H]2C(=O)N([C@@H](CO)CC(C)C)C(C(=O)Nc3ccc(N(CC)CC)cc3)C23CC[C@]1(C)O3. The van der Waals surface area contributed by atoms with E-state index in [4.69, 9.17) is 9.47 Å². The number of likely N-dealkylation sites (tertiary alicyclic amines) is 1. The second kappa shape index (κ2) is 10.8. The van der Waals surface area contributed by atoms with Crippen LogP contribution >= 0.6 is 0 Å². The molecule has 0 saturated carbocycles. The van der Waals surface area contributed by atoms with E-state index < -0.39 is 41.1 Å². The Bertz CT molecular complexity index is 1040. The molecule has 9 nitrogen and oxygen atoms in total. The third-order valence-electron chi connectivity index (χ3n) is 8.61. The quantitative estimate of drug-likeness (QED) is 0.424. The zero-order valence-electron chi connectivity index (χ0n) is 23.5. The van der Waals surface area contributed by atoms with Crippen LogP contribution in [0, 0.1) is 17.8 Å². The highest BCUT2D eigenvalue weighted by atomic mass is 16.6. The van der Waals surface area contributed by atoms with Crippen molar-refractivity contribution in [1.29, 1.82) is 0 Å². The second-order valence-electron chi connectivity index (χ2n) is 11.4. The zero-order valence-corrected chi connectivity index (χ0v) is 23.5. The number of rotatable bonds is 11. The van der Waals surface area contributed by atoms with Crippen molar-refractivity contribution in [2.45, 2.75) is 84.1 Å². The van der Waals surface area contributed by atoms with Gasteiger partial charge in [0.05, 0.1) is 30.8 Å². The lowest BCUT2D eigenvalue weighted by Gasteiger charge is -2.37. The second-order valence-corrected chi connectivity index (χ2v) is 11.4. The minimum absolute atomic E-state index is 0.185. The van der Waals surface area contributed by atoms with Crippen LogP contribution < -0.4 is 10.2 Å². The molecule has 3 aliphatic heterocycles. The lowest BCUT2D eigenvalue weighted by molar-refractivity contribution is -0.160. The fraction of sp³-hybridized carbons (Fsp3) is 0.690. The summed E-state index contributed by atoms with van der Waals surface area (Å²) in [5, 5.41) is 13.4. The molecule has 3 fully saturated rings. The van der Waals surface area contributed by atoms with Crippen LogP contribution in [0.15, 0.2) is 24.3 Å². The van der Waals surface area contributed by atoms with E-state index >= 15 is 0 Å². The lowest BCUT2D eigenvalue weighted by Crippen LogP contribution is -2.56. The standard InChI is InChI=1S/C29H43N3O6/c1-7-31(8-2)20-12-10-19(11-13-20)30-25(34)24-29-15-14-28(6,38-29)23(27(36)37-9-3)22(29)26(35)32(24)21(17-33)16-18(4)5/h10-13,18,21-24,33H,7-9,14-17H2,1-6H3,(H,30,34)/t21-,22+,23-,24?,28+,29?/m1/s1.